The quantitative estimate of drug-likeness (QED) is 0.305. The van der Waals surface area contributed by atoms with Gasteiger partial charge in [-0.15, -0.1) is 0 Å². The molecule has 0 atom stereocenters. The van der Waals surface area contributed by atoms with Crippen LogP contribution in [0, 0.1) is 5.41 Å². The van der Waals surface area contributed by atoms with E-state index < -0.39 is 0 Å². The van der Waals surface area contributed by atoms with Gasteiger partial charge >= 0.3 is 0 Å². The second kappa shape index (κ2) is 16.6. The van der Waals surface area contributed by atoms with Crippen LogP contribution in [0.1, 0.15) is 108 Å². The van der Waals surface area contributed by atoms with Crippen molar-refractivity contribution in [2.24, 2.45) is 5.41 Å². The normalized spacial score (nSPS) is 11.5. The topological polar surface area (TPSA) is 49.9 Å². The van der Waals surface area contributed by atoms with Crippen molar-refractivity contribution in [2.75, 3.05) is 32.8 Å². The van der Waals surface area contributed by atoms with Crippen molar-refractivity contribution in [2.45, 2.75) is 113 Å². The van der Waals surface area contributed by atoms with Gasteiger partial charge in [-0.2, -0.15) is 0 Å². The molecule has 0 aromatic rings. The first-order valence-corrected chi connectivity index (χ1v) is 12.2. The zero-order chi connectivity index (χ0) is 23.8. The summed E-state index contributed by atoms with van der Waals surface area (Å²) in [6.45, 7) is 23.8. The first kappa shape index (κ1) is 31.1. The Morgan fingerprint density at radius 3 is 1.83 bits per heavy atom. The summed E-state index contributed by atoms with van der Waals surface area (Å²) in [4.78, 5) is 28.7. The van der Waals surface area contributed by atoms with Gasteiger partial charge in [-0.25, -0.2) is 0 Å². The number of ether oxygens (including phenoxy) is 1. The number of hydrogen-bond acceptors (Lipinski definition) is 3. The second-order valence-corrected chi connectivity index (χ2v) is 9.22. The lowest BCUT2D eigenvalue weighted by molar-refractivity contribution is -0.140. The summed E-state index contributed by atoms with van der Waals surface area (Å²) in [5.41, 5.74) is -0.464. The van der Waals surface area contributed by atoms with Crippen LogP contribution in [0.3, 0.4) is 0 Å². The third kappa shape index (κ3) is 12.6. The molecule has 0 saturated heterocycles. The second-order valence-electron chi connectivity index (χ2n) is 9.22. The number of rotatable bonds is 15. The smallest absolute Gasteiger partial charge is 0.223 e. The maximum Gasteiger partial charge on any atom is 0.223 e. The van der Waals surface area contributed by atoms with Crippen molar-refractivity contribution in [3.05, 3.63) is 0 Å². The van der Waals surface area contributed by atoms with Crippen LogP contribution in [0.4, 0.5) is 0 Å². The fourth-order valence-electron chi connectivity index (χ4n) is 3.57. The molecule has 0 saturated carbocycles. The first-order valence-electron chi connectivity index (χ1n) is 12.2. The summed E-state index contributed by atoms with van der Waals surface area (Å²) in [5.74, 6) is 0.430. The number of hydrogen-bond donors (Lipinski definition) is 0. The molecule has 30 heavy (non-hydrogen) atoms. The lowest BCUT2D eigenvalue weighted by Crippen LogP contribution is -2.51. The van der Waals surface area contributed by atoms with Gasteiger partial charge in [0, 0.05) is 37.9 Å². The Hall–Kier alpha value is -1.10. The molecular weight excluding hydrogens is 376 g/mol. The van der Waals surface area contributed by atoms with E-state index in [4.69, 9.17) is 4.74 Å². The zero-order valence-corrected chi connectivity index (χ0v) is 21.9. The molecule has 5 heteroatoms. The number of carbonyl (C=O) groups is 2. The fraction of sp³-hybridized carbons (Fsp3) is 0.920. The van der Waals surface area contributed by atoms with E-state index in [-0.39, 0.29) is 22.8 Å². The monoisotopic (exact) mass is 428 g/mol. The van der Waals surface area contributed by atoms with Crippen molar-refractivity contribution < 1.29 is 14.3 Å². The van der Waals surface area contributed by atoms with E-state index in [9.17, 15) is 9.59 Å². The largest absolute Gasteiger partial charge is 0.378 e. The molecule has 0 fully saturated rings. The molecule has 0 rings (SSSR count). The Bertz CT molecular complexity index is 461. The molecule has 0 unspecified atom stereocenters. The van der Waals surface area contributed by atoms with E-state index in [2.05, 4.69) is 34.6 Å². The molecule has 0 aromatic heterocycles. The van der Waals surface area contributed by atoms with Gasteiger partial charge in [0.05, 0.1) is 18.8 Å². The van der Waals surface area contributed by atoms with E-state index in [0.29, 0.717) is 39.1 Å². The van der Waals surface area contributed by atoms with Crippen LogP contribution in [0.25, 0.3) is 0 Å². The molecule has 0 aliphatic heterocycles. The molecule has 0 spiro atoms. The summed E-state index contributed by atoms with van der Waals surface area (Å²) in [6.07, 6.45) is 5.28. The summed E-state index contributed by atoms with van der Waals surface area (Å²) >= 11 is 0. The van der Waals surface area contributed by atoms with Gasteiger partial charge in [-0.3, -0.25) is 9.59 Å². The fourth-order valence-corrected chi connectivity index (χ4v) is 3.57. The third-order valence-electron chi connectivity index (χ3n) is 5.11. The first-order chi connectivity index (χ1) is 14.0. The lowest BCUT2D eigenvalue weighted by Gasteiger charge is -2.39. The standard InChI is InChI=1S/C23H46N2O3.C2H6/c1-9-13-14-16-20(26)24(11-3)17-22(5,6)18-28-19-23(7,8)25(12-4)21(27)15-10-2;1-2/h9-19H2,1-8H3;1-2H3. The molecule has 0 aliphatic carbocycles. The van der Waals surface area contributed by atoms with Gasteiger partial charge < -0.3 is 14.5 Å². The highest BCUT2D eigenvalue weighted by Crippen LogP contribution is 2.22. The number of carbonyl (C=O) groups excluding carboxylic acids is 2. The van der Waals surface area contributed by atoms with E-state index in [1.807, 2.05) is 44.4 Å². The van der Waals surface area contributed by atoms with Gasteiger partial charge in [-0.1, -0.05) is 54.4 Å². The van der Waals surface area contributed by atoms with E-state index in [1.165, 1.54) is 0 Å². The average Bonchev–Trinajstić information content (AvgIpc) is 2.68. The molecule has 0 aromatic carbocycles. The van der Waals surface area contributed by atoms with Crippen LogP contribution >= 0.6 is 0 Å². The van der Waals surface area contributed by atoms with Gasteiger partial charge in [-0.05, 0) is 40.5 Å². The van der Waals surface area contributed by atoms with Crippen molar-refractivity contribution in [3.8, 4) is 0 Å². The molecule has 2 amide bonds. The van der Waals surface area contributed by atoms with Crippen LogP contribution < -0.4 is 0 Å². The third-order valence-corrected chi connectivity index (χ3v) is 5.11. The minimum atomic E-state index is -0.336. The zero-order valence-electron chi connectivity index (χ0n) is 21.9. The minimum absolute atomic E-state index is 0.128. The molecule has 180 valence electrons. The predicted octanol–water partition coefficient (Wildman–Crippen LogP) is 5.91. The Morgan fingerprint density at radius 2 is 1.37 bits per heavy atom. The summed E-state index contributed by atoms with van der Waals surface area (Å²) < 4.78 is 6.07. The van der Waals surface area contributed by atoms with Gasteiger partial charge in [0.25, 0.3) is 0 Å². The summed E-state index contributed by atoms with van der Waals surface area (Å²) in [7, 11) is 0. The molecule has 0 bridgehead atoms. The van der Waals surface area contributed by atoms with Crippen LogP contribution in [-0.4, -0.2) is 60.0 Å². The van der Waals surface area contributed by atoms with Crippen molar-refractivity contribution in [3.63, 3.8) is 0 Å². The van der Waals surface area contributed by atoms with Crippen LogP contribution in [0.2, 0.25) is 0 Å². The minimum Gasteiger partial charge on any atom is -0.378 e. The molecule has 0 heterocycles. The molecule has 0 N–H and O–H groups in total. The molecular formula is C25H52N2O3. The van der Waals surface area contributed by atoms with E-state index in [1.54, 1.807) is 0 Å². The number of amides is 2. The Labute approximate surface area is 187 Å². The molecule has 0 radical (unpaired) electrons. The molecule has 0 aliphatic rings. The maximum atomic E-state index is 12.5. The van der Waals surface area contributed by atoms with E-state index in [0.717, 1.165) is 32.2 Å². The highest BCUT2D eigenvalue weighted by atomic mass is 16.5. The predicted molar refractivity (Wildman–Crippen MR) is 129 cm³/mol. The molecule has 5 nitrogen and oxygen atoms in total. The summed E-state index contributed by atoms with van der Waals surface area (Å²) in [6, 6.07) is 0. The maximum absolute atomic E-state index is 12.5. The number of nitrogens with zero attached hydrogens (tertiary/aromatic N) is 2. The van der Waals surface area contributed by atoms with Crippen molar-refractivity contribution in [1.82, 2.24) is 9.80 Å². The number of likely N-dealkylation sites (N-methyl/N-ethyl adjacent to an activating group) is 1. The van der Waals surface area contributed by atoms with Crippen LogP contribution in [-0.2, 0) is 14.3 Å². The highest BCUT2D eigenvalue weighted by molar-refractivity contribution is 5.77. The highest BCUT2D eigenvalue weighted by Gasteiger charge is 2.31. The van der Waals surface area contributed by atoms with Crippen molar-refractivity contribution in [1.29, 1.82) is 0 Å². The van der Waals surface area contributed by atoms with Crippen molar-refractivity contribution >= 4 is 11.8 Å². The Balaban J connectivity index is 0. The van der Waals surface area contributed by atoms with E-state index >= 15 is 0 Å². The summed E-state index contributed by atoms with van der Waals surface area (Å²) in [5, 5.41) is 0. The average molecular weight is 429 g/mol. The van der Waals surface area contributed by atoms with Crippen LogP contribution in [0.5, 0.6) is 0 Å². The van der Waals surface area contributed by atoms with Gasteiger partial charge in [0.2, 0.25) is 11.8 Å². The lowest BCUT2D eigenvalue weighted by atomic mass is 9.93. The van der Waals surface area contributed by atoms with Gasteiger partial charge in [0.15, 0.2) is 0 Å². The Morgan fingerprint density at radius 1 is 0.767 bits per heavy atom. The Kier molecular flexibility index (Phi) is 17.2. The number of unbranched alkanes of at least 4 members (excludes halogenated alkanes) is 2. The van der Waals surface area contributed by atoms with Crippen LogP contribution in [0.15, 0.2) is 0 Å². The van der Waals surface area contributed by atoms with Gasteiger partial charge in [0.1, 0.15) is 0 Å². The SMILES string of the molecule is CC.CCCCCC(=O)N(CC)CC(C)(C)COCC(C)(C)N(CC)C(=O)CCC.